The van der Waals surface area contributed by atoms with Crippen molar-refractivity contribution in [3.8, 4) is 22.9 Å². The van der Waals surface area contributed by atoms with Gasteiger partial charge in [0.2, 0.25) is 11.7 Å². The maximum absolute atomic E-state index is 5.76. The summed E-state index contributed by atoms with van der Waals surface area (Å²) >= 11 is 0. The monoisotopic (exact) mass is 368 g/mol. The number of ether oxygens (including phenoxy) is 2. The molecule has 27 heavy (non-hydrogen) atoms. The van der Waals surface area contributed by atoms with Crippen molar-refractivity contribution in [3.63, 3.8) is 0 Å². The Kier molecular flexibility index (Phi) is 6.40. The van der Waals surface area contributed by atoms with E-state index >= 15 is 0 Å². The van der Waals surface area contributed by atoms with E-state index in [0.717, 1.165) is 18.7 Å². The number of aromatic nitrogens is 2. The molecule has 3 rings (SSSR count). The second-order valence-corrected chi connectivity index (χ2v) is 6.06. The third-order valence-corrected chi connectivity index (χ3v) is 4.17. The molecule has 7 nitrogen and oxygen atoms in total. The molecule has 7 heteroatoms. The predicted molar refractivity (Wildman–Crippen MR) is 102 cm³/mol. The third-order valence-electron chi connectivity index (χ3n) is 4.17. The lowest BCUT2D eigenvalue weighted by Crippen LogP contribution is -2.28. The van der Waals surface area contributed by atoms with Crippen LogP contribution in [0.4, 0.5) is 0 Å². The molecule has 2 aromatic carbocycles. The van der Waals surface area contributed by atoms with Gasteiger partial charge in [-0.1, -0.05) is 35.5 Å². The molecular weight excluding hydrogens is 344 g/mol. The van der Waals surface area contributed by atoms with Gasteiger partial charge in [0.15, 0.2) is 0 Å². The number of nitrogens with zero attached hydrogens (tertiary/aromatic N) is 3. The molecule has 0 radical (unpaired) electrons. The number of benzene rings is 2. The van der Waals surface area contributed by atoms with Crippen molar-refractivity contribution in [1.29, 1.82) is 0 Å². The summed E-state index contributed by atoms with van der Waals surface area (Å²) in [5, 5.41) is 4.11. The van der Waals surface area contributed by atoms with Gasteiger partial charge < -0.3 is 19.7 Å². The van der Waals surface area contributed by atoms with Gasteiger partial charge in [-0.25, -0.2) is 0 Å². The molecule has 142 valence electrons. The maximum atomic E-state index is 5.76. The van der Waals surface area contributed by atoms with Crippen LogP contribution >= 0.6 is 0 Å². The Morgan fingerprint density at radius 1 is 1.04 bits per heavy atom. The van der Waals surface area contributed by atoms with Crippen molar-refractivity contribution >= 4 is 0 Å². The highest BCUT2D eigenvalue weighted by atomic mass is 16.5. The molecule has 0 fully saturated rings. The number of methoxy groups -OCH3 is 2. The van der Waals surface area contributed by atoms with Crippen molar-refractivity contribution in [1.82, 2.24) is 15.0 Å². The molecular formula is C20H24N4O3. The van der Waals surface area contributed by atoms with Crippen LogP contribution in [0, 0.1) is 0 Å². The van der Waals surface area contributed by atoms with Crippen molar-refractivity contribution in [2.24, 2.45) is 5.73 Å². The minimum absolute atomic E-state index is 0.483. The first-order chi connectivity index (χ1) is 13.2. The van der Waals surface area contributed by atoms with Crippen LogP contribution in [0.15, 0.2) is 53.1 Å². The van der Waals surface area contributed by atoms with Crippen LogP contribution in [-0.2, 0) is 13.1 Å². The van der Waals surface area contributed by atoms with E-state index in [4.69, 9.17) is 19.7 Å². The lowest BCUT2D eigenvalue weighted by atomic mass is 10.2. The summed E-state index contributed by atoms with van der Waals surface area (Å²) in [5.74, 6) is 2.35. The van der Waals surface area contributed by atoms with E-state index in [9.17, 15) is 0 Å². The van der Waals surface area contributed by atoms with E-state index in [-0.39, 0.29) is 0 Å². The second kappa shape index (κ2) is 9.16. The summed E-state index contributed by atoms with van der Waals surface area (Å²) in [4.78, 5) is 6.71. The zero-order valence-corrected chi connectivity index (χ0v) is 15.6. The van der Waals surface area contributed by atoms with Gasteiger partial charge in [0, 0.05) is 25.7 Å². The van der Waals surface area contributed by atoms with Gasteiger partial charge in [-0.15, -0.1) is 0 Å². The minimum Gasteiger partial charge on any atom is -0.497 e. The number of nitrogens with two attached hydrogens (primary N) is 1. The van der Waals surface area contributed by atoms with E-state index in [2.05, 4.69) is 27.2 Å². The summed E-state index contributed by atoms with van der Waals surface area (Å²) in [7, 11) is 3.21. The van der Waals surface area contributed by atoms with Crippen LogP contribution in [0.3, 0.4) is 0 Å². The van der Waals surface area contributed by atoms with E-state index in [0.29, 0.717) is 36.3 Å². The van der Waals surface area contributed by atoms with Crippen LogP contribution in [-0.4, -0.2) is 42.3 Å². The third kappa shape index (κ3) is 4.84. The lowest BCUT2D eigenvalue weighted by molar-refractivity contribution is 0.224. The molecule has 3 aromatic rings. The Labute approximate surface area is 158 Å². The molecule has 0 saturated heterocycles. The smallest absolute Gasteiger partial charge is 0.241 e. The molecule has 1 heterocycles. The van der Waals surface area contributed by atoms with E-state index in [1.165, 1.54) is 5.56 Å². The fraction of sp³-hybridized carbons (Fsp3) is 0.300. The van der Waals surface area contributed by atoms with Crippen LogP contribution in [0.25, 0.3) is 11.4 Å². The molecule has 0 aliphatic carbocycles. The van der Waals surface area contributed by atoms with Crippen LogP contribution in [0.5, 0.6) is 11.5 Å². The molecule has 0 bridgehead atoms. The van der Waals surface area contributed by atoms with Gasteiger partial charge >= 0.3 is 0 Å². The van der Waals surface area contributed by atoms with Crippen LogP contribution < -0.4 is 15.2 Å². The summed E-state index contributed by atoms with van der Waals surface area (Å²) in [6.07, 6.45) is 0. The largest absolute Gasteiger partial charge is 0.497 e. The summed E-state index contributed by atoms with van der Waals surface area (Å²) < 4.78 is 16.1. The first-order valence-electron chi connectivity index (χ1n) is 8.75. The highest BCUT2D eigenvalue weighted by molar-refractivity contribution is 5.65. The van der Waals surface area contributed by atoms with E-state index in [1.54, 1.807) is 20.3 Å². The topological polar surface area (TPSA) is 86.6 Å². The molecule has 0 aliphatic heterocycles. The fourth-order valence-corrected chi connectivity index (χ4v) is 2.84. The van der Waals surface area contributed by atoms with Gasteiger partial charge in [0.05, 0.1) is 26.3 Å². The summed E-state index contributed by atoms with van der Waals surface area (Å²) in [6, 6.07) is 15.7. The minimum atomic E-state index is 0.483. The van der Waals surface area contributed by atoms with E-state index < -0.39 is 0 Å². The SMILES string of the molecule is COc1ccc(-c2noc(CN(CCN)Cc3ccccc3)n2)c(OC)c1. The number of hydrogen-bond donors (Lipinski definition) is 1. The average Bonchev–Trinajstić information content (AvgIpc) is 3.16. The van der Waals surface area contributed by atoms with Crippen LogP contribution in [0.2, 0.25) is 0 Å². The van der Waals surface area contributed by atoms with E-state index in [1.807, 2.05) is 30.3 Å². The molecule has 1 aromatic heterocycles. The first-order valence-corrected chi connectivity index (χ1v) is 8.75. The second-order valence-electron chi connectivity index (χ2n) is 6.06. The molecule has 0 aliphatic rings. The standard InChI is InChI=1S/C20H24N4O3/c1-25-16-8-9-17(18(12-16)26-2)20-22-19(27-23-20)14-24(11-10-21)13-15-6-4-3-5-7-15/h3-9,12H,10-11,13-14,21H2,1-2H3. The summed E-state index contributed by atoms with van der Waals surface area (Å²) in [6.45, 7) is 2.58. The Hall–Kier alpha value is -2.90. The normalized spacial score (nSPS) is 11.0. The molecule has 0 saturated carbocycles. The Morgan fingerprint density at radius 2 is 1.85 bits per heavy atom. The predicted octanol–water partition coefficient (Wildman–Crippen LogP) is 2.71. The van der Waals surface area contributed by atoms with Crippen molar-refractivity contribution < 1.29 is 14.0 Å². The van der Waals surface area contributed by atoms with Gasteiger partial charge in [0.25, 0.3) is 0 Å². The molecule has 0 amide bonds. The Bertz CT molecular complexity index is 851. The first kappa shape index (κ1) is 18.9. The average molecular weight is 368 g/mol. The van der Waals surface area contributed by atoms with Gasteiger partial charge in [0.1, 0.15) is 11.5 Å². The Morgan fingerprint density at radius 3 is 2.56 bits per heavy atom. The molecule has 2 N–H and O–H groups in total. The molecule has 0 spiro atoms. The lowest BCUT2D eigenvalue weighted by Gasteiger charge is -2.19. The quantitative estimate of drug-likeness (QED) is 0.621. The van der Waals surface area contributed by atoms with Crippen LogP contribution in [0.1, 0.15) is 11.5 Å². The van der Waals surface area contributed by atoms with Crippen molar-refractivity contribution in [3.05, 3.63) is 60.0 Å². The highest BCUT2D eigenvalue weighted by Gasteiger charge is 2.16. The Balaban J connectivity index is 1.76. The number of hydrogen-bond acceptors (Lipinski definition) is 7. The molecule has 0 atom stereocenters. The zero-order valence-electron chi connectivity index (χ0n) is 15.6. The van der Waals surface area contributed by atoms with Gasteiger partial charge in [-0.05, 0) is 17.7 Å². The zero-order chi connectivity index (χ0) is 19.1. The fourth-order valence-electron chi connectivity index (χ4n) is 2.84. The van der Waals surface area contributed by atoms with Gasteiger partial charge in [-0.2, -0.15) is 4.98 Å². The van der Waals surface area contributed by atoms with Crippen molar-refractivity contribution in [2.75, 3.05) is 27.3 Å². The van der Waals surface area contributed by atoms with Crippen molar-refractivity contribution in [2.45, 2.75) is 13.1 Å². The van der Waals surface area contributed by atoms with Gasteiger partial charge in [-0.3, -0.25) is 4.90 Å². The molecule has 0 unspecified atom stereocenters. The summed E-state index contributed by atoms with van der Waals surface area (Å²) in [5.41, 5.74) is 7.72. The highest BCUT2D eigenvalue weighted by Crippen LogP contribution is 2.31. The maximum Gasteiger partial charge on any atom is 0.241 e. The number of rotatable bonds is 9.